The molecule has 2 aromatic carbocycles. The molecule has 2 atom stereocenters. The molecule has 0 saturated carbocycles. The molecule has 9 nitrogen and oxygen atoms in total. The number of fused-ring (bicyclic) bond motifs is 3. The number of carbonyl (C=O) groups is 1. The molecule has 2 N–H and O–H groups in total. The number of anilines is 1. The number of aliphatic imine (C=N–C) groups is 1. The van der Waals surface area contributed by atoms with Crippen molar-refractivity contribution in [1.82, 2.24) is 14.8 Å². The molecule has 0 saturated heterocycles. The van der Waals surface area contributed by atoms with E-state index in [0.717, 1.165) is 33.1 Å². The highest BCUT2D eigenvalue weighted by atomic mass is 32.2. The molecule has 2 aromatic heterocycles. The molecule has 0 bridgehead atoms. The molecular weight excluding hydrogens is 529 g/mol. The number of hydrogen-bond donors (Lipinski definition) is 2. The van der Waals surface area contributed by atoms with Crippen molar-refractivity contribution in [3.05, 3.63) is 87.6 Å². The summed E-state index contributed by atoms with van der Waals surface area (Å²) in [5.41, 5.74) is 3.46. The first kappa shape index (κ1) is 25.7. The third-order valence-corrected chi connectivity index (χ3v) is 9.18. The molecule has 4 aromatic rings. The summed E-state index contributed by atoms with van der Waals surface area (Å²) in [5, 5.41) is 19.2. The lowest BCUT2D eigenvalue weighted by atomic mass is 9.98. The first-order valence-corrected chi connectivity index (χ1v) is 14.0. The van der Waals surface area contributed by atoms with Crippen molar-refractivity contribution in [2.24, 2.45) is 10.9 Å². The number of halogens is 1. The van der Waals surface area contributed by atoms with E-state index in [1.165, 1.54) is 12.1 Å². The molecule has 38 heavy (non-hydrogen) atoms. The smallest absolute Gasteiger partial charge is 0.308 e. The topological polar surface area (TPSA) is 127 Å². The van der Waals surface area contributed by atoms with E-state index in [-0.39, 0.29) is 4.90 Å². The number of carboxylic acids is 1. The van der Waals surface area contributed by atoms with Crippen molar-refractivity contribution in [2.45, 2.75) is 38.6 Å². The number of hydrogen-bond acceptors (Lipinski definition) is 7. The van der Waals surface area contributed by atoms with Crippen LogP contribution in [-0.2, 0) is 14.8 Å². The number of sulfonamides is 1. The van der Waals surface area contributed by atoms with Crippen molar-refractivity contribution >= 4 is 38.7 Å². The minimum Gasteiger partial charge on any atom is -0.481 e. The zero-order valence-electron chi connectivity index (χ0n) is 20.9. The predicted molar refractivity (Wildman–Crippen MR) is 142 cm³/mol. The fraction of sp³-hybridized carbons (Fsp3) is 0.231. The first-order valence-electron chi connectivity index (χ1n) is 11.7. The van der Waals surface area contributed by atoms with Gasteiger partial charge in [-0.3, -0.25) is 19.1 Å². The molecule has 196 valence electrons. The van der Waals surface area contributed by atoms with E-state index in [0.29, 0.717) is 28.6 Å². The number of aryl methyl sites for hydroxylation is 2. The van der Waals surface area contributed by atoms with Gasteiger partial charge in [0.25, 0.3) is 10.0 Å². The third-order valence-electron chi connectivity index (χ3n) is 6.59. The highest BCUT2D eigenvalue weighted by molar-refractivity contribution is 7.92. The maximum atomic E-state index is 13.2. The van der Waals surface area contributed by atoms with Gasteiger partial charge in [0.05, 0.1) is 16.5 Å². The molecule has 1 unspecified atom stereocenters. The van der Waals surface area contributed by atoms with Crippen LogP contribution in [0.15, 0.2) is 58.4 Å². The maximum absolute atomic E-state index is 13.2. The molecule has 12 heteroatoms. The van der Waals surface area contributed by atoms with E-state index >= 15 is 0 Å². The molecule has 5 rings (SSSR count). The number of aliphatic carboxylic acids is 1. The second-order valence-electron chi connectivity index (χ2n) is 9.09. The Bertz CT molecular complexity index is 1690. The molecule has 3 heterocycles. The Hall–Kier alpha value is -3.90. The van der Waals surface area contributed by atoms with E-state index < -0.39 is 33.8 Å². The monoisotopic (exact) mass is 553 g/mol. The summed E-state index contributed by atoms with van der Waals surface area (Å²) in [7, 11) is -3.92. The second-order valence-corrected chi connectivity index (χ2v) is 12.0. The van der Waals surface area contributed by atoms with Gasteiger partial charge in [-0.05, 0) is 69.7 Å². The van der Waals surface area contributed by atoms with Crippen LogP contribution in [0, 0.1) is 32.5 Å². The summed E-state index contributed by atoms with van der Waals surface area (Å²) >= 11 is 1.56. The Balaban J connectivity index is 1.59. The molecule has 0 aliphatic carbocycles. The van der Waals surface area contributed by atoms with Crippen LogP contribution in [0.25, 0.3) is 5.00 Å². The summed E-state index contributed by atoms with van der Waals surface area (Å²) in [6.45, 7) is 7.41. The van der Waals surface area contributed by atoms with Gasteiger partial charge in [-0.25, -0.2) is 12.8 Å². The van der Waals surface area contributed by atoms with E-state index in [4.69, 9.17) is 4.99 Å². The van der Waals surface area contributed by atoms with Crippen molar-refractivity contribution < 1.29 is 22.7 Å². The van der Waals surface area contributed by atoms with E-state index in [2.05, 4.69) is 14.9 Å². The summed E-state index contributed by atoms with van der Waals surface area (Å²) in [6.07, 6.45) is 0. The van der Waals surface area contributed by atoms with Crippen molar-refractivity contribution in [3.8, 4) is 5.00 Å². The standard InChI is InChI=1S/C26H24FN5O4S2/c1-13-15(3)37-25-21(13)23(28-22(14(2)26(33)34)24-30-29-16(4)32(24)25)17-5-9-19(10-6-17)31-38(35,36)20-11-7-18(27)8-12-20/h5-12,14,22,31H,1-4H3,(H,33,34)/t14-,22?/m0/s1. The SMILES string of the molecule is Cc1sc2c(c1C)C(c1ccc(NS(=O)(=O)c3ccc(F)cc3)cc1)=NC([C@H](C)C(=O)O)c1nnc(C)n1-2. The Morgan fingerprint density at radius 2 is 1.74 bits per heavy atom. The van der Waals surface area contributed by atoms with Gasteiger partial charge in [-0.15, -0.1) is 21.5 Å². The highest BCUT2D eigenvalue weighted by Gasteiger charge is 2.36. The van der Waals surface area contributed by atoms with Crippen LogP contribution in [0.4, 0.5) is 10.1 Å². The van der Waals surface area contributed by atoms with Crippen molar-refractivity contribution in [2.75, 3.05) is 4.72 Å². The Morgan fingerprint density at radius 1 is 1.08 bits per heavy atom. The molecule has 0 radical (unpaired) electrons. The molecule has 1 aliphatic heterocycles. The molecule has 0 spiro atoms. The average molecular weight is 554 g/mol. The minimum atomic E-state index is -3.92. The molecule has 0 amide bonds. The summed E-state index contributed by atoms with van der Waals surface area (Å²) in [5.74, 6) is -1.32. The Labute approximate surface area is 222 Å². The largest absolute Gasteiger partial charge is 0.481 e. The van der Waals surface area contributed by atoms with Crippen LogP contribution in [0.2, 0.25) is 0 Å². The quantitative estimate of drug-likeness (QED) is 0.353. The number of benzene rings is 2. The van der Waals surface area contributed by atoms with Gasteiger partial charge in [0, 0.05) is 21.7 Å². The predicted octanol–water partition coefficient (Wildman–Crippen LogP) is 4.81. The van der Waals surface area contributed by atoms with Gasteiger partial charge >= 0.3 is 5.97 Å². The number of carboxylic acid groups (broad SMARTS) is 1. The minimum absolute atomic E-state index is 0.0611. The number of aromatic nitrogens is 3. The summed E-state index contributed by atoms with van der Waals surface area (Å²) in [6, 6.07) is 10.5. The van der Waals surface area contributed by atoms with E-state index in [9.17, 15) is 22.7 Å². The molecular formula is C26H24FN5O4S2. The van der Waals surface area contributed by atoms with Crippen LogP contribution in [0.5, 0.6) is 0 Å². The van der Waals surface area contributed by atoms with Crippen LogP contribution >= 0.6 is 11.3 Å². The summed E-state index contributed by atoms with van der Waals surface area (Å²) < 4.78 is 43.1. The lowest BCUT2D eigenvalue weighted by molar-refractivity contribution is -0.141. The van der Waals surface area contributed by atoms with Gasteiger partial charge < -0.3 is 5.11 Å². The lowest BCUT2D eigenvalue weighted by Crippen LogP contribution is -2.21. The van der Waals surface area contributed by atoms with Gasteiger partial charge in [0.15, 0.2) is 5.82 Å². The number of nitrogens with one attached hydrogen (secondary N) is 1. The van der Waals surface area contributed by atoms with Gasteiger partial charge in [-0.2, -0.15) is 0 Å². The van der Waals surface area contributed by atoms with Gasteiger partial charge in [0.2, 0.25) is 0 Å². The molecule has 0 fully saturated rings. The van der Waals surface area contributed by atoms with Crippen LogP contribution in [-0.4, -0.2) is 40.0 Å². The Kier molecular flexibility index (Phi) is 6.40. The second kappa shape index (κ2) is 9.44. The van der Waals surface area contributed by atoms with Crippen LogP contribution < -0.4 is 4.72 Å². The fourth-order valence-electron chi connectivity index (χ4n) is 4.34. The lowest BCUT2D eigenvalue weighted by Gasteiger charge is -2.16. The van der Waals surface area contributed by atoms with Crippen molar-refractivity contribution in [3.63, 3.8) is 0 Å². The molecule has 1 aliphatic rings. The normalized spacial score (nSPS) is 15.7. The highest BCUT2D eigenvalue weighted by Crippen LogP contribution is 2.40. The van der Waals surface area contributed by atoms with Crippen LogP contribution in [0.3, 0.4) is 0 Å². The van der Waals surface area contributed by atoms with Crippen LogP contribution in [0.1, 0.15) is 46.2 Å². The number of thiophene rings is 1. The fourth-order valence-corrected chi connectivity index (χ4v) is 6.61. The zero-order valence-corrected chi connectivity index (χ0v) is 22.6. The van der Waals surface area contributed by atoms with Crippen molar-refractivity contribution in [1.29, 1.82) is 0 Å². The Morgan fingerprint density at radius 3 is 2.37 bits per heavy atom. The van der Waals surface area contributed by atoms with E-state index in [1.807, 2.05) is 25.3 Å². The number of rotatable bonds is 6. The maximum Gasteiger partial charge on any atom is 0.308 e. The summed E-state index contributed by atoms with van der Waals surface area (Å²) in [4.78, 5) is 18.0. The third kappa shape index (κ3) is 4.39. The number of nitrogens with zero attached hydrogens (tertiary/aromatic N) is 4. The average Bonchev–Trinajstić information content (AvgIpc) is 3.34. The zero-order chi connectivity index (χ0) is 27.4. The van der Waals surface area contributed by atoms with Gasteiger partial charge in [-0.1, -0.05) is 12.1 Å². The first-order chi connectivity index (χ1) is 18.0. The van der Waals surface area contributed by atoms with Gasteiger partial charge in [0.1, 0.15) is 22.7 Å². The van der Waals surface area contributed by atoms with E-state index in [1.54, 1.807) is 42.5 Å².